The van der Waals surface area contributed by atoms with Crippen LogP contribution >= 0.6 is 34.9 Å². The van der Waals surface area contributed by atoms with Crippen molar-refractivity contribution in [1.29, 1.82) is 0 Å². The number of thiazole rings is 1. The van der Waals surface area contributed by atoms with Crippen molar-refractivity contribution in [2.45, 2.75) is 47.8 Å². The number of aliphatic carboxylic acids is 1. The highest BCUT2D eigenvalue weighted by Gasteiger charge is 2.63. The summed E-state index contributed by atoms with van der Waals surface area (Å²) in [6, 6.07) is -0.930. The number of carboxylic acids is 1. The molecule has 1 aromatic rings. The lowest BCUT2D eigenvalue weighted by Crippen LogP contribution is -2.77. The smallest absolute Gasteiger partial charge is 0.322 e. The zero-order valence-corrected chi connectivity index (χ0v) is 21.3. The number of amides is 2. The fraction of sp³-hybridized carbons (Fsp3) is 0.579. The maximum atomic E-state index is 12.9. The van der Waals surface area contributed by atoms with E-state index in [1.54, 1.807) is 20.1 Å². The molecule has 15 heteroatoms. The first-order chi connectivity index (χ1) is 16.1. The van der Waals surface area contributed by atoms with Crippen molar-refractivity contribution in [3.05, 3.63) is 11.1 Å². The van der Waals surface area contributed by atoms with Gasteiger partial charge in [-0.3, -0.25) is 19.2 Å². The van der Waals surface area contributed by atoms with Gasteiger partial charge < -0.3 is 30.6 Å². The van der Waals surface area contributed by atoms with Gasteiger partial charge in [0.1, 0.15) is 35.1 Å². The molecule has 0 spiro atoms. The molecule has 34 heavy (non-hydrogen) atoms. The Hall–Kier alpha value is -2.52. The fourth-order valence-corrected chi connectivity index (χ4v) is 7.29. The lowest BCUT2D eigenvalue weighted by atomic mass is 9.95. The topological polar surface area (TPSA) is 174 Å². The molecule has 3 heterocycles. The van der Waals surface area contributed by atoms with Gasteiger partial charge in [0.15, 0.2) is 10.8 Å². The first-order valence-electron chi connectivity index (χ1n) is 10.2. The van der Waals surface area contributed by atoms with E-state index >= 15 is 0 Å². The molecule has 4 unspecified atom stereocenters. The SMILES string of the molecule is CCC(=O)OC(C)C1S[C@@H]2C(NC(=O)C(=NOC)c3csc(N)n3)C(=O)N2CC1(SC)C(=O)O. The Labute approximate surface area is 208 Å². The lowest BCUT2D eigenvalue weighted by Gasteiger charge is -2.56. The number of hydrogen-bond acceptors (Lipinski definition) is 12. The van der Waals surface area contributed by atoms with E-state index in [0.29, 0.717) is 0 Å². The molecule has 4 N–H and O–H groups in total. The third-order valence-electron chi connectivity index (χ3n) is 5.50. The van der Waals surface area contributed by atoms with Crippen molar-refractivity contribution in [3.8, 4) is 0 Å². The predicted molar refractivity (Wildman–Crippen MR) is 129 cm³/mol. The standard InChI is InChI=1S/C19H25N5O7S3/c1-5-10(25)31-8(2)13-19(32-4,17(28)29)7-24-15(27)12(16(24)34-13)22-14(26)11(23-30-3)9-6-33-18(20)21-9/h6,8,12-13,16H,5,7H2,1-4H3,(H2,20,21)(H,22,26)(H,28,29)/t8?,12?,13?,16-,19?/m1/s1. The molecule has 0 saturated carbocycles. The maximum absolute atomic E-state index is 12.9. The minimum absolute atomic E-state index is 0.0906. The number of carboxylic acid groups (broad SMARTS) is 1. The van der Waals surface area contributed by atoms with Crippen LogP contribution in [0.3, 0.4) is 0 Å². The number of ether oxygens (including phenoxy) is 1. The highest BCUT2D eigenvalue weighted by Crippen LogP contribution is 2.49. The molecule has 0 radical (unpaired) electrons. The second kappa shape index (κ2) is 10.4. The third-order valence-corrected chi connectivity index (χ3v) is 9.49. The van der Waals surface area contributed by atoms with Crippen LogP contribution in [0.25, 0.3) is 0 Å². The average Bonchev–Trinajstić information content (AvgIpc) is 3.24. The number of nitrogens with zero attached hydrogens (tertiary/aromatic N) is 3. The summed E-state index contributed by atoms with van der Waals surface area (Å²) in [5, 5.41) is 17.0. The van der Waals surface area contributed by atoms with Gasteiger partial charge >= 0.3 is 11.9 Å². The number of carbonyl (C=O) groups excluding carboxylic acids is 3. The van der Waals surface area contributed by atoms with Crippen molar-refractivity contribution in [2.75, 3.05) is 25.6 Å². The van der Waals surface area contributed by atoms with Crippen molar-refractivity contribution < 1.29 is 33.9 Å². The summed E-state index contributed by atoms with van der Waals surface area (Å²) < 4.78 is 4.06. The van der Waals surface area contributed by atoms with E-state index in [9.17, 15) is 24.3 Å². The number of aromatic nitrogens is 1. The molecule has 3 rings (SSSR count). The highest BCUT2D eigenvalue weighted by molar-refractivity contribution is 8.05. The Balaban J connectivity index is 1.83. The molecule has 2 amide bonds. The molecule has 2 fully saturated rings. The number of nitrogen functional groups attached to an aromatic ring is 1. The molecule has 0 aliphatic carbocycles. The Morgan fingerprint density at radius 3 is 2.74 bits per heavy atom. The summed E-state index contributed by atoms with van der Waals surface area (Å²) in [7, 11) is 1.27. The Kier molecular flexibility index (Phi) is 7.98. The van der Waals surface area contributed by atoms with Crippen LogP contribution < -0.4 is 11.1 Å². The summed E-state index contributed by atoms with van der Waals surface area (Å²) in [6.45, 7) is 3.20. The number of oxime groups is 1. The molecular weight excluding hydrogens is 506 g/mol. The van der Waals surface area contributed by atoms with Gasteiger partial charge in [-0.25, -0.2) is 4.98 Å². The van der Waals surface area contributed by atoms with Gasteiger partial charge in [0.2, 0.25) is 5.91 Å². The number of rotatable bonds is 9. The number of thioether (sulfide) groups is 2. The van der Waals surface area contributed by atoms with Crippen molar-refractivity contribution >= 4 is 69.5 Å². The second-order valence-electron chi connectivity index (χ2n) is 7.51. The van der Waals surface area contributed by atoms with Crippen LogP contribution in [0.15, 0.2) is 10.5 Å². The Morgan fingerprint density at radius 1 is 1.50 bits per heavy atom. The van der Waals surface area contributed by atoms with Crippen LogP contribution in [0.1, 0.15) is 26.0 Å². The number of anilines is 1. The molecule has 0 aromatic carbocycles. The zero-order chi connectivity index (χ0) is 25.2. The van der Waals surface area contributed by atoms with E-state index in [0.717, 1.165) is 23.1 Å². The second-order valence-corrected chi connectivity index (χ2v) is 10.8. The van der Waals surface area contributed by atoms with Crippen molar-refractivity contribution in [3.63, 3.8) is 0 Å². The van der Waals surface area contributed by atoms with Crippen LogP contribution in [0, 0.1) is 0 Å². The largest absolute Gasteiger partial charge is 0.480 e. The van der Waals surface area contributed by atoms with Gasteiger partial charge in [-0.05, 0) is 13.2 Å². The zero-order valence-electron chi connectivity index (χ0n) is 18.8. The van der Waals surface area contributed by atoms with Crippen LogP contribution in [-0.2, 0) is 28.8 Å². The van der Waals surface area contributed by atoms with Gasteiger partial charge in [0.05, 0.1) is 5.25 Å². The molecular formula is C19H25N5O7S3. The molecule has 12 nitrogen and oxygen atoms in total. The fourth-order valence-electron chi connectivity index (χ4n) is 3.78. The molecule has 2 aliphatic rings. The quantitative estimate of drug-likeness (QED) is 0.174. The summed E-state index contributed by atoms with van der Waals surface area (Å²) in [5.74, 6) is -2.66. The molecule has 2 aliphatic heterocycles. The first-order valence-corrected chi connectivity index (χ1v) is 13.2. The van der Waals surface area contributed by atoms with Crippen molar-refractivity contribution in [1.82, 2.24) is 15.2 Å². The van der Waals surface area contributed by atoms with Crippen LogP contribution in [0.2, 0.25) is 0 Å². The molecule has 2 saturated heterocycles. The van der Waals surface area contributed by atoms with Gasteiger partial charge in [-0.15, -0.1) is 34.9 Å². The summed E-state index contributed by atoms with van der Waals surface area (Å²) >= 11 is 3.40. The Bertz CT molecular complexity index is 1020. The van der Waals surface area contributed by atoms with E-state index in [-0.39, 0.29) is 29.5 Å². The monoisotopic (exact) mass is 531 g/mol. The summed E-state index contributed by atoms with van der Waals surface area (Å²) in [4.78, 5) is 60.2. The lowest BCUT2D eigenvalue weighted by molar-refractivity contribution is -0.156. The minimum atomic E-state index is -1.39. The normalized spacial score (nSPS) is 27.3. The number of hydrogen-bond donors (Lipinski definition) is 3. The maximum Gasteiger partial charge on any atom is 0.322 e. The number of carbonyl (C=O) groups is 4. The van der Waals surface area contributed by atoms with E-state index in [2.05, 4.69) is 15.5 Å². The number of fused-ring (bicyclic) bond motifs is 1. The van der Waals surface area contributed by atoms with E-state index in [1.165, 1.54) is 29.2 Å². The van der Waals surface area contributed by atoms with Crippen LogP contribution in [0.4, 0.5) is 5.13 Å². The van der Waals surface area contributed by atoms with Gasteiger partial charge in [0.25, 0.3) is 5.91 Å². The van der Waals surface area contributed by atoms with E-state index in [1.807, 2.05) is 0 Å². The molecule has 0 bridgehead atoms. The molecule has 5 atom stereocenters. The van der Waals surface area contributed by atoms with Crippen molar-refractivity contribution in [2.24, 2.45) is 5.16 Å². The number of esters is 1. The minimum Gasteiger partial charge on any atom is -0.480 e. The summed E-state index contributed by atoms with van der Waals surface area (Å²) in [6.07, 6.45) is 1.06. The van der Waals surface area contributed by atoms with Gasteiger partial charge in [-0.2, -0.15) is 0 Å². The predicted octanol–water partition coefficient (Wildman–Crippen LogP) is 0.372. The van der Waals surface area contributed by atoms with Gasteiger partial charge in [0, 0.05) is 18.3 Å². The first kappa shape index (κ1) is 26.1. The number of nitrogens with two attached hydrogens (primary N) is 1. The molecule has 1 aromatic heterocycles. The Morgan fingerprint density at radius 2 is 2.21 bits per heavy atom. The van der Waals surface area contributed by atoms with E-state index in [4.69, 9.17) is 15.3 Å². The highest BCUT2D eigenvalue weighted by atomic mass is 32.2. The number of nitrogens with one attached hydrogen (secondary N) is 1. The van der Waals surface area contributed by atoms with Crippen LogP contribution in [0.5, 0.6) is 0 Å². The summed E-state index contributed by atoms with van der Waals surface area (Å²) in [5.41, 5.74) is 5.70. The third kappa shape index (κ3) is 4.68. The van der Waals surface area contributed by atoms with E-state index < -0.39 is 51.3 Å². The number of β-lactam (4-membered cyclic amide) rings is 1. The van der Waals surface area contributed by atoms with Crippen LogP contribution in [-0.4, -0.2) is 91.9 Å². The average molecular weight is 532 g/mol. The molecule has 186 valence electrons. The van der Waals surface area contributed by atoms with Gasteiger partial charge in [-0.1, -0.05) is 12.1 Å².